The highest BCUT2D eigenvalue weighted by atomic mass is 16.2. The molecule has 0 aromatic heterocycles. The Morgan fingerprint density at radius 3 is 2.14 bits per heavy atom. The normalized spacial score (nSPS) is 36.6. The lowest BCUT2D eigenvalue weighted by atomic mass is 9.91. The lowest BCUT2D eigenvalue weighted by Gasteiger charge is -2.38. The molecule has 2 rings (SSSR count). The van der Waals surface area contributed by atoms with Crippen LogP contribution in [0.4, 0.5) is 0 Å². The summed E-state index contributed by atoms with van der Waals surface area (Å²) >= 11 is 0. The molecule has 14 heavy (non-hydrogen) atoms. The van der Waals surface area contributed by atoms with Gasteiger partial charge in [0.15, 0.2) is 0 Å². The molecule has 2 nitrogen and oxygen atoms in total. The number of hydrogen-bond acceptors (Lipinski definition) is 1. The molecule has 2 fully saturated rings. The van der Waals surface area contributed by atoms with Gasteiger partial charge in [-0.1, -0.05) is 20.8 Å². The van der Waals surface area contributed by atoms with Crippen LogP contribution >= 0.6 is 0 Å². The topological polar surface area (TPSA) is 20.3 Å². The fourth-order valence-corrected chi connectivity index (χ4v) is 3.11. The minimum Gasteiger partial charge on any atom is -0.336 e. The standard InChI is InChI=1S/C12H21NO/c1-8(2)12(14)13-10-4-5-11(13)7-9(3)6-10/h8-11H,4-7H2,1-3H3/t9?,10-,11+. The molecule has 0 saturated carbocycles. The molecule has 1 amide bonds. The first-order valence-electron chi connectivity index (χ1n) is 5.91. The Balaban J connectivity index is 2.11. The maximum Gasteiger partial charge on any atom is 0.225 e. The SMILES string of the molecule is CC1C[C@H]2CC[C@@H](C1)N2C(=O)C(C)C. The van der Waals surface area contributed by atoms with Gasteiger partial charge in [0.05, 0.1) is 0 Å². The summed E-state index contributed by atoms with van der Waals surface area (Å²) in [7, 11) is 0. The van der Waals surface area contributed by atoms with Gasteiger partial charge in [-0.3, -0.25) is 4.79 Å². The second kappa shape index (κ2) is 3.56. The molecule has 3 atom stereocenters. The highest BCUT2D eigenvalue weighted by Gasteiger charge is 2.42. The van der Waals surface area contributed by atoms with Gasteiger partial charge in [-0.05, 0) is 31.6 Å². The lowest BCUT2D eigenvalue weighted by Crippen LogP contribution is -2.47. The van der Waals surface area contributed by atoms with Crippen LogP contribution in [0.25, 0.3) is 0 Å². The number of rotatable bonds is 1. The monoisotopic (exact) mass is 195 g/mol. The van der Waals surface area contributed by atoms with E-state index >= 15 is 0 Å². The van der Waals surface area contributed by atoms with E-state index in [1.807, 2.05) is 13.8 Å². The largest absolute Gasteiger partial charge is 0.336 e. The number of amides is 1. The van der Waals surface area contributed by atoms with E-state index in [2.05, 4.69) is 11.8 Å². The van der Waals surface area contributed by atoms with Crippen LogP contribution in [0.2, 0.25) is 0 Å². The summed E-state index contributed by atoms with van der Waals surface area (Å²) < 4.78 is 0. The highest BCUT2D eigenvalue weighted by molar-refractivity contribution is 5.79. The van der Waals surface area contributed by atoms with E-state index in [9.17, 15) is 4.79 Å². The van der Waals surface area contributed by atoms with Crippen molar-refractivity contribution in [3.63, 3.8) is 0 Å². The van der Waals surface area contributed by atoms with Gasteiger partial charge in [0.1, 0.15) is 0 Å². The number of hydrogen-bond donors (Lipinski definition) is 0. The van der Waals surface area contributed by atoms with Gasteiger partial charge in [-0.25, -0.2) is 0 Å². The summed E-state index contributed by atoms with van der Waals surface area (Å²) in [5, 5.41) is 0. The van der Waals surface area contributed by atoms with Gasteiger partial charge in [0.25, 0.3) is 0 Å². The molecule has 1 unspecified atom stereocenters. The van der Waals surface area contributed by atoms with E-state index in [0.717, 1.165) is 5.92 Å². The first-order chi connectivity index (χ1) is 6.59. The smallest absolute Gasteiger partial charge is 0.225 e. The van der Waals surface area contributed by atoms with Crippen LogP contribution < -0.4 is 0 Å². The fraction of sp³-hybridized carbons (Fsp3) is 0.917. The second-order valence-electron chi connectivity index (χ2n) is 5.36. The van der Waals surface area contributed by atoms with Crippen molar-refractivity contribution in [3.05, 3.63) is 0 Å². The number of carbonyl (C=O) groups excluding carboxylic acids is 1. The summed E-state index contributed by atoms with van der Waals surface area (Å²) in [6.07, 6.45) is 4.95. The van der Waals surface area contributed by atoms with Gasteiger partial charge in [0, 0.05) is 18.0 Å². The average molecular weight is 195 g/mol. The third kappa shape index (κ3) is 1.55. The minimum absolute atomic E-state index is 0.173. The van der Waals surface area contributed by atoms with Crippen LogP contribution in [0.5, 0.6) is 0 Å². The quantitative estimate of drug-likeness (QED) is 0.629. The number of nitrogens with zero attached hydrogens (tertiary/aromatic N) is 1. The minimum atomic E-state index is 0.173. The molecule has 2 aliphatic rings. The zero-order valence-electron chi connectivity index (χ0n) is 9.49. The molecule has 0 N–H and O–H groups in total. The van der Waals surface area contributed by atoms with E-state index < -0.39 is 0 Å². The van der Waals surface area contributed by atoms with Crippen LogP contribution in [-0.2, 0) is 4.79 Å². The van der Waals surface area contributed by atoms with Gasteiger partial charge >= 0.3 is 0 Å². The molecule has 2 saturated heterocycles. The Hall–Kier alpha value is -0.530. The molecule has 0 spiro atoms. The van der Waals surface area contributed by atoms with Crippen molar-refractivity contribution in [2.75, 3.05) is 0 Å². The summed E-state index contributed by atoms with van der Waals surface area (Å²) in [5.41, 5.74) is 0. The van der Waals surface area contributed by atoms with Crippen molar-refractivity contribution < 1.29 is 4.79 Å². The fourth-order valence-electron chi connectivity index (χ4n) is 3.11. The Morgan fingerprint density at radius 2 is 1.71 bits per heavy atom. The van der Waals surface area contributed by atoms with E-state index in [0.29, 0.717) is 18.0 Å². The maximum atomic E-state index is 12.0. The molecule has 80 valence electrons. The zero-order valence-corrected chi connectivity index (χ0v) is 9.49. The number of piperidine rings is 1. The van der Waals surface area contributed by atoms with Crippen molar-refractivity contribution in [1.29, 1.82) is 0 Å². The van der Waals surface area contributed by atoms with Gasteiger partial charge in [-0.15, -0.1) is 0 Å². The molecule has 2 heteroatoms. The van der Waals surface area contributed by atoms with E-state index in [1.165, 1.54) is 25.7 Å². The Labute approximate surface area is 86.7 Å². The van der Waals surface area contributed by atoms with Gasteiger partial charge in [-0.2, -0.15) is 0 Å². The summed E-state index contributed by atoms with van der Waals surface area (Å²) in [5.74, 6) is 1.37. The van der Waals surface area contributed by atoms with Gasteiger partial charge in [0.2, 0.25) is 5.91 Å². The van der Waals surface area contributed by atoms with E-state index in [4.69, 9.17) is 0 Å². The van der Waals surface area contributed by atoms with Crippen LogP contribution in [0.1, 0.15) is 46.5 Å². The zero-order chi connectivity index (χ0) is 10.3. The summed E-state index contributed by atoms with van der Waals surface area (Å²) in [4.78, 5) is 14.2. The molecular formula is C12H21NO. The lowest BCUT2D eigenvalue weighted by molar-refractivity contribution is -0.139. The second-order valence-corrected chi connectivity index (χ2v) is 5.36. The molecule has 2 aliphatic heterocycles. The molecule has 0 aromatic rings. The van der Waals surface area contributed by atoms with Crippen LogP contribution in [-0.4, -0.2) is 22.9 Å². The van der Waals surface area contributed by atoms with Crippen LogP contribution in [0.15, 0.2) is 0 Å². The summed E-state index contributed by atoms with van der Waals surface area (Å²) in [6, 6.07) is 1.14. The molecule has 2 bridgehead atoms. The third-order valence-electron chi connectivity index (χ3n) is 3.72. The highest BCUT2D eigenvalue weighted by Crippen LogP contribution is 2.39. The predicted molar refractivity (Wildman–Crippen MR) is 56.9 cm³/mol. The first-order valence-corrected chi connectivity index (χ1v) is 5.91. The molecule has 0 aromatic carbocycles. The van der Waals surface area contributed by atoms with Crippen molar-refractivity contribution >= 4 is 5.91 Å². The molecular weight excluding hydrogens is 174 g/mol. The van der Waals surface area contributed by atoms with Crippen molar-refractivity contribution in [1.82, 2.24) is 4.90 Å². The maximum absolute atomic E-state index is 12.0. The molecule has 0 aliphatic carbocycles. The van der Waals surface area contributed by atoms with E-state index in [-0.39, 0.29) is 5.92 Å². The first kappa shape index (κ1) is 10.0. The van der Waals surface area contributed by atoms with Crippen molar-refractivity contribution in [3.8, 4) is 0 Å². The van der Waals surface area contributed by atoms with Crippen LogP contribution in [0, 0.1) is 11.8 Å². The molecule has 2 heterocycles. The predicted octanol–water partition coefficient (Wildman–Crippen LogP) is 2.43. The number of carbonyl (C=O) groups is 1. The summed E-state index contributed by atoms with van der Waals surface area (Å²) in [6.45, 7) is 6.35. The Morgan fingerprint density at radius 1 is 1.21 bits per heavy atom. The van der Waals surface area contributed by atoms with Crippen LogP contribution in [0.3, 0.4) is 0 Å². The molecule has 0 radical (unpaired) electrons. The third-order valence-corrected chi connectivity index (χ3v) is 3.72. The van der Waals surface area contributed by atoms with E-state index in [1.54, 1.807) is 0 Å². The number of fused-ring (bicyclic) bond motifs is 2. The Kier molecular flexibility index (Phi) is 2.54. The average Bonchev–Trinajstić information content (AvgIpc) is 2.37. The van der Waals surface area contributed by atoms with Crippen molar-refractivity contribution in [2.45, 2.75) is 58.5 Å². The van der Waals surface area contributed by atoms with Crippen molar-refractivity contribution in [2.24, 2.45) is 11.8 Å². The Bertz CT molecular complexity index is 222. The van der Waals surface area contributed by atoms with Gasteiger partial charge < -0.3 is 4.90 Å².